The van der Waals surface area contributed by atoms with Gasteiger partial charge in [0.05, 0.1) is 12.1 Å². The van der Waals surface area contributed by atoms with Crippen LogP contribution in [-0.2, 0) is 20.9 Å². The van der Waals surface area contributed by atoms with E-state index in [0.717, 1.165) is 6.07 Å². The van der Waals surface area contributed by atoms with Crippen molar-refractivity contribution in [3.63, 3.8) is 0 Å². The molecule has 2 amide bonds. The standard InChI is InChI=1S/C24H31F2N3O5S/c1-12(14(3)31)20-13(2)22(21(24(33)34)29(20)11-30)35-18-8-19(23(32)27-4)28(10-18)9-15-5-16(25)7-17(26)6-15/h5-7,11-14,18-20,31H,8-10H2,1-4H3,(H,27,32)(H,33,34)/t12-,13+,14+,18-,19-,20?/m0/s1. The van der Waals surface area contributed by atoms with Crippen LogP contribution in [0.4, 0.5) is 8.78 Å². The van der Waals surface area contributed by atoms with Gasteiger partial charge >= 0.3 is 5.97 Å². The van der Waals surface area contributed by atoms with Crippen molar-refractivity contribution in [2.24, 2.45) is 11.8 Å². The van der Waals surface area contributed by atoms with E-state index < -0.39 is 35.8 Å². The molecule has 1 aromatic rings. The quantitative estimate of drug-likeness (QED) is 0.436. The molecule has 1 fully saturated rings. The Hall–Kier alpha value is -2.50. The molecule has 0 saturated carbocycles. The Morgan fingerprint density at radius 1 is 1.26 bits per heavy atom. The number of carbonyl (C=O) groups is 3. The van der Waals surface area contributed by atoms with E-state index in [1.165, 1.54) is 35.8 Å². The highest BCUT2D eigenvalue weighted by Crippen LogP contribution is 2.46. The van der Waals surface area contributed by atoms with Crippen molar-refractivity contribution in [2.75, 3.05) is 13.6 Å². The molecular weight excluding hydrogens is 480 g/mol. The van der Waals surface area contributed by atoms with Gasteiger partial charge in [-0.3, -0.25) is 14.5 Å². The zero-order valence-electron chi connectivity index (χ0n) is 20.1. The first kappa shape index (κ1) is 27.1. The van der Waals surface area contributed by atoms with E-state index in [2.05, 4.69) is 5.32 Å². The summed E-state index contributed by atoms with van der Waals surface area (Å²) in [5.41, 5.74) is 0.275. The summed E-state index contributed by atoms with van der Waals surface area (Å²) in [6.45, 7) is 5.72. The zero-order chi connectivity index (χ0) is 26.0. The first-order valence-electron chi connectivity index (χ1n) is 11.4. The minimum atomic E-state index is -1.24. The van der Waals surface area contributed by atoms with Crippen LogP contribution in [0, 0.1) is 23.5 Å². The zero-order valence-corrected chi connectivity index (χ0v) is 20.9. The second-order valence-corrected chi connectivity index (χ2v) is 10.6. The maximum absolute atomic E-state index is 13.7. The monoisotopic (exact) mass is 511 g/mol. The van der Waals surface area contributed by atoms with Gasteiger partial charge in [-0.1, -0.05) is 13.8 Å². The van der Waals surface area contributed by atoms with Gasteiger partial charge < -0.3 is 20.4 Å². The molecule has 1 unspecified atom stereocenters. The highest BCUT2D eigenvalue weighted by molar-refractivity contribution is 8.03. The van der Waals surface area contributed by atoms with Gasteiger partial charge in [0.15, 0.2) is 0 Å². The van der Waals surface area contributed by atoms with E-state index in [1.54, 1.807) is 13.8 Å². The van der Waals surface area contributed by atoms with E-state index in [0.29, 0.717) is 29.8 Å². The van der Waals surface area contributed by atoms with Crippen LogP contribution in [0.3, 0.4) is 0 Å². The minimum Gasteiger partial charge on any atom is -0.477 e. The highest BCUT2D eigenvalue weighted by atomic mass is 32.2. The molecule has 0 radical (unpaired) electrons. The van der Waals surface area contributed by atoms with Crippen molar-refractivity contribution >= 4 is 30.0 Å². The van der Waals surface area contributed by atoms with Gasteiger partial charge in [-0.25, -0.2) is 13.6 Å². The first-order chi connectivity index (χ1) is 16.5. The van der Waals surface area contributed by atoms with E-state index >= 15 is 0 Å². The smallest absolute Gasteiger partial charge is 0.353 e. The molecule has 0 aromatic heterocycles. The van der Waals surface area contributed by atoms with Crippen LogP contribution in [0.25, 0.3) is 0 Å². The van der Waals surface area contributed by atoms with Gasteiger partial charge in [0.1, 0.15) is 17.3 Å². The molecule has 3 N–H and O–H groups in total. The fraction of sp³-hybridized carbons (Fsp3) is 0.542. The third-order valence-electron chi connectivity index (χ3n) is 6.87. The molecule has 8 nitrogen and oxygen atoms in total. The minimum absolute atomic E-state index is 0.114. The number of thioether (sulfide) groups is 1. The summed E-state index contributed by atoms with van der Waals surface area (Å²) >= 11 is 1.31. The lowest BCUT2D eigenvalue weighted by Gasteiger charge is -2.32. The molecule has 6 atom stereocenters. The van der Waals surface area contributed by atoms with Crippen molar-refractivity contribution in [1.82, 2.24) is 15.1 Å². The predicted molar refractivity (Wildman–Crippen MR) is 127 cm³/mol. The van der Waals surface area contributed by atoms with Crippen molar-refractivity contribution < 1.29 is 33.4 Å². The maximum Gasteiger partial charge on any atom is 0.353 e. The number of aliphatic hydroxyl groups is 1. The topological polar surface area (TPSA) is 110 Å². The van der Waals surface area contributed by atoms with Crippen LogP contribution in [0.1, 0.15) is 32.8 Å². The average molecular weight is 512 g/mol. The number of nitrogens with one attached hydrogen (secondary N) is 1. The van der Waals surface area contributed by atoms with E-state index in [9.17, 15) is 33.4 Å². The SMILES string of the molecule is CNC(=O)[C@@H]1C[C@H](SC2=C(C(=O)O)N(C=O)C([C@@H](C)[C@@H](C)O)[C@H]2C)CN1Cc1cc(F)cc(F)c1. The van der Waals surface area contributed by atoms with Crippen molar-refractivity contribution in [3.8, 4) is 0 Å². The number of likely N-dealkylation sites (N-methyl/N-ethyl adjacent to an activating group) is 1. The average Bonchev–Trinajstić information content (AvgIpc) is 3.30. The Labute approximate surface area is 207 Å². The Morgan fingerprint density at radius 2 is 1.89 bits per heavy atom. The molecule has 0 aliphatic carbocycles. The molecule has 2 aliphatic heterocycles. The van der Waals surface area contributed by atoms with Crippen LogP contribution in [0.2, 0.25) is 0 Å². The summed E-state index contributed by atoms with van der Waals surface area (Å²) in [7, 11) is 1.51. The molecule has 1 aromatic carbocycles. The summed E-state index contributed by atoms with van der Waals surface area (Å²) in [5.74, 6) is -3.60. The second kappa shape index (κ2) is 11.0. The fourth-order valence-electron chi connectivity index (χ4n) is 5.06. The molecule has 0 spiro atoms. The molecule has 2 heterocycles. The number of hydrogen-bond acceptors (Lipinski definition) is 6. The Morgan fingerprint density at radius 3 is 2.40 bits per heavy atom. The van der Waals surface area contributed by atoms with Crippen LogP contribution >= 0.6 is 11.8 Å². The number of carboxylic acid groups (broad SMARTS) is 1. The number of carbonyl (C=O) groups excluding carboxylic acids is 2. The van der Waals surface area contributed by atoms with E-state index in [-0.39, 0.29) is 35.2 Å². The summed E-state index contributed by atoms with van der Waals surface area (Å²) in [6.07, 6.45) is 0.128. The van der Waals surface area contributed by atoms with E-state index in [4.69, 9.17) is 0 Å². The van der Waals surface area contributed by atoms with Gasteiger partial charge in [-0.05, 0) is 31.0 Å². The number of amides is 2. The third-order valence-corrected chi connectivity index (χ3v) is 8.36. The lowest BCUT2D eigenvalue weighted by Crippen LogP contribution is -2.42. The lowest BCUT2D eigenvalue weighted by atomic mass is 9.88. The normalized spacial score (nSPS) is 26.7. The maximum atomic E-state index is 13.7. The molecule has 1 saturated heterocycles. The first-order valence-corrected chi connectivity index (χ1v) is 12.3. The molecular formula is C24H31F2N3O5S. The fourth-order valence-corrected chi connectivity index (χ4v) is 6.62. The number of aliphatic hydroxyl groups excluding tert-OH is 1. The number of benzene rings is 1. The number of rotatable bonds is 9. The van der Waals surface area contributed by atoms with Crippen molar-refractivity contribution in [3.05, 3.63) is 46.0 Å². The third kappa shape index (κ3) is 5.68. The molecule has 3 rings (SSSR count). The number of halogens is 2. The van der Waals surface area contributed by atoms with Gasteiger partial charge in [0.25, 0.3) is 0 Å². The summed E-state index contributed by atoms with van der Waals surface area (Å²) < 4.78 is 27.4. The number of carboxylic acids is 1. The molecule has 11 heteroatoms. The lowest BCUT2D eigenvalue weighted by molar-refractivity contribution is -0.137. The molecule has 2 aliphatic rings. The van der Waals surface area contributed by atoms with Gasteiger partial charge in [0.2, 0.25) is 12.3 Å². The van der Waals surface area contributed by atoms with Crippen LogP contribution in [0.5, 0.6) is 0 Å². The Balaban J connectivity index is 1.88. The van der Waals surface area contributed by atoms with Crippen LogP contribution in [-0.4, -0.2) is 75.3 Å². The van der Waals surface area contributed by atoms with Gasteiger partial charge in [-0.15, -0.1) is 11.8 Å². The number of nitrogens with zero attached hydrogens (tertiary/aromatic N) is 2. The van der Waals surface area contributed by atoms with Crippen molar-refractivity contribution in [1.29, 1.82) is 0 Å². The van der Waals surface area contributed by atoms with Crippen LogP contribution < -0.4 is 5.32 Å². The summed E-state index contributed by atoms with van der Waals surface area (Å²) in [5, 5.41) is 22.5. The van der Waals surface area contributed by atoms with Gasteiger partial charge in [0, 0.05) is 54.2 Å². The Bertz CT molecular complexity index is 1000. The molecule has 0 bridgehead atoms. The van der Waals surface area contributed by atoms with Gasteiger partial charge in [-0.2, -0.15) is 0 Å². The summed E-state index contributed by atoms with van der Waals surface area (Å²) in [6, 6.07) is 2.14. The highest BCUT2D eigenvalue weighted by Gasteiger charge is 2.47. The second-order valence-electron chi connectivity index (χ2n) is 9.22. The molecule has 35 heavy (non-hydrogen) atoms. The number of hydrogen-bond donors (Lipinski definition) is 3. The number of aliphatic carboxylic acids is 1. The predicted octanol–water partition coefficient (Wildman–Crippen LogP) is 2.18. The molecule has 192 valence electrons. The van der Waals surface area contributed by atoms with E-state index in [1.807, 2.05) is 11.8 Å². The van der Waals surface area contributed by atoms with Crippen molar-refractivity contribution in [2.45, 2.75) is 57.2 Å². The number of likely N-dealkylation sites (tertiary alicyclic amines) is 1. The summed E-state index contributed by atoms with van der Waals surface area (Å²) in [4.78, 5) is 40.1. The Kier molecular flexibility index (Phi) is 8.55. The van der Waals surface area contributed by atoms with Crippen LogP contribution in [0.15, 0.2) is 28.8 Å². The largest absolute Gasteiger partial charge is 0.477 e.